The number of hydrogen-bond acceptors (Lipinski definition) is 5. The van der Waals surface area contributed by atoms with Crippen molar-refractivity contribution in [1.82, 2.24) is 9.55 Å². The highest BCUT2D eigenvalue weighted by Gasteiger charge is 2.41. The fraction of sp³-hybridized carbons (Fsp3) is 0.375. The molecule has 0 unspecified atom stereocenters. The number of rotatable bonds is 9. The monoisotopic (exact) mass is 490 g/mol. The van der Waals surface area contributed by atoms with Crippen molar-refractivity contribution in [2.45, 2.75) is 50.4 Å². The molecular weight excluding hydrogens is 464 g/mol. The van der Waals surface area contributed by atoms with Gasteiger partial charge >= 0.3 is 0 Å². The number of hydrogen-bond donors (Lipinski definition) is 1. The van der Waals surface area contributed by atoms with Gasteiger partial charge in [-0.1, -0.05) is 47.5 Å². The second kappa shape index (κ2) is 9.95. The van der Waals surface area contributed by atoms with Crippen LogP contribution in [-0.2, 0) is 44.7 Å². The summed E-state index contributed by atoms with van der Waals surface area (Å²) >= 11 is 6.01. The van der Waals surface area contributed by atoms with Gasteiger partial charge in [0.25, 0.3) is 10.1 Å². The minimum atomic E-state index is -4.14. The van der Waals surface area contributed by atoms with E-state index in [0.29, 0.717) is 36.6 Å². The summed E-state index contributed by atoms with van der Waals surface area (Å²) in [4.78, 5) is 4.12. The molecule has 2 heterocycles. The average molecular weight is 491 g/mol. The zero-order valence-corrected chi connectivity index (χ0v) is 19.9. The SMILES string of the molecule is Cc1ccc(C[C@H]2CO[C@](CCc3ccc(Cl)cc3)(Cn3ccnc3)O2)c(CS(=O)(=O)O)c1. The molecule has 9 heteroatoms. The maximum absolute atomic E-state index is 11.5. The second-order valence-electron chi connectivity index (χ2n) is 8.53. The summed E-state index contributed by atoms with van der Waals surface area (Å²) in [5, 5.41) is 0.694. The fourth-order valence-corrected chi connectivity index (χ4v) is 4.97. The van der Waals surface area contributed by atoms with E-state index in [1.807, 2.05) is 54.1 Å². The van der Waals surface area contributed by atoms with Crippen LogP contribution < -0.4 is 0 Å². The molecule has 0 spiro atoms. The third-order valence-corrected chi connectivity index (χ3v) is 6.68. The van der Waals surface area contributed by atoms with E-state index in [1.165, 1.54) is 0 Å². The molecule has 1 aliphatic rings. The molecule has 0 amide bonds. The summed E-state index contributed by atoms with van der Waals surface area (Å²) in [6, 6.07) is 13.3. The molecule has 0 bridgehead atoms. The van der Waals surface area contributed by atoms with Crippen LogP contribution in [0.1, 0.15) is 28.7 Å². The summed E-state index contributed by atoms with van der Waals surface area (Å²) in [6.45, 7) is 2.76. The Kier molecular flexibility index (Phi) is 7.21. The lowest BCUT2D eigenvalue weighted by molar-refractivity contribution is -0.182. The van der Waals surface area contributed by atoms with E-state index in [2.05, 4.69) is 4.98 Å². The quantitative estimate of drug-likeness (QED) is 0.451. The molecule has 33 heavy (non-hydrogen) atoms. The van der Waals surface area contributed by atoms with Gasteiger partial charge < -0.3 is 14.0 Å². The van der Waals surface area contributed by atoms with Crippen molar-refractivity contribution >= 4 is 21.7 Å². The number of nitrogens with zero attached hydrogens (tertiary/aromatic N) is 2. The van der Waals surface area contributed by atoms with Gasteiger partial charge in [0.1, 0.15) is 5.75 Å². The number of imidazole rings is 1. The van der Waals surface area contributed by atoms with Crippen LogP contribution in [0, 0.1) is 6.92 Å². The third-order valence-electron chi connectivity index (χ3n) is 5.75. The zero-order valence-electron chi connectivity index (χ0n) is 18.4. The molecule has 1 N–H and O–H groups in total. The molecule has 0 radical (unpaired) electrons. The first-order valence-corrected chi connectivity index (χ1v) is 12.7. The molecule has 1 fully saturated rings. The molecule has 1 aromatic heterocycles. The summed E-state index contributed by atoms with van der Waals surface area (Å²) in [5.74, 6) is -1.26. The van der Waals surface area contributed by atoms with Gasteiger partial charge in [0.05, 0.1) is 25.6 Å². The zero-order chi connectivity index (χ0) is 23.5. The molecule has 1 aliphatic heterocycles. The van der Waals surface area contributed by atoms with Crippen molar-refractivity contribution in [3.8, 4) is 0 Å². The normalized spacial score (nSPS) is 20.9. The summed E-state index contributed by atoms with van der Waals surface area (Å²) in [7, 11) is -4.14. The fourth-order valence-electron chi connectivity index (χ4n) is 4.18. The van der Waals surface area contributed by atoms with Crippen LogP contribution in [0.2, 0.25) is 5.02 Å². The smallest absolute Gasteiger partial charge is 0.269 e. The van der Waals surface area contributed by atoms with Crippen LogP contribution in [0.5, 0.6) is 0 Å². The van der Waals surface area contributed by atoms with Gasteiger partial charge in [0.15, 0.2) is 5.79 Å². The predicted molar refractivity (Wildman–Crippen MR) is 126 cm³/mol. The highest BCUT2D eigenvalue weighted by Crippen LogP contribution is 2.33. The summed E-state index contributed by atoms with van der Waals surface area (Å²) in [6.07, 6.45) is 6.93. The van der Waals surface area contributed by atoms with Gasteiger partial charge in [0, 0.05) is 30.3 Å². The van der Waals surface area contributed by atoms with Crippen LogP contribution in [0.4, 0.5) is 0 Å². The minimum Gasteiger partial charge on any atom is -0.345 e. The summed E-state index contributed by atoms with van der Waals surface area (Å²) < 4.78 is 47.0. The Balaban J connectivity index is 1.51. The molecule has 0 aliphatic carbocycles. The molecule has 176 valence electrons. The minimum absolute atomic E-state index is 0.249. The molecule has 3 aromatic rings. The lowest BCUT2D eigenvalue weighted by atomic mass is 10.0. The maximum Gasteiger partial charge on any atom is 0.269 e. The standard InChI is InChI=1S/C24H27ClN2O5S/c1-18-2-5-20(21(12-18)15-33(28,29)30)13-23-14-31-24(32-23,16-27-11-10-26-17-27)9-8-19-3-6-22(25)7-4-19/h2-7,10-12,17,23H,8-9,13-16H2,1H3,(H,28,29,30)/t23-,24-/m0/s1. The van der Waals surface area contributed by atoms with Gasteiger partial charge in [0.2, 0.25) is 0 Å². The van der Waals surface area contributed by atoms with Gasteiger partial charge in [-0.15, -0.1) is 0 Å². The number of benzene rings is 2. The van der Waals surface area contributed by atoms with E-state index in [4.69, 9.17) is 21.1 Å². The molecule has 7 nitrogen and oxygen atoms in total. The molecule has 4 rings (SSSR count). The van der Waals surface area contributed by atoms with Crippen molar-refractivity contribution in [1.29, 1.82) is 0 Å². The Morgan fingerprint density at radius 2 is 2.00 bits per heavy atom. The maximum atomic E-state index is 11.5. The van der Waals surface area contributed by atoms with Gasteiger partial charge in [-0.05, 0) is 42.2 Å². The number of aromatic nitrogens is 2. The second-order valence-corrected chi connectivity index (χ2v) is 10.4. The molecule has 2 atom stereocenters. The largest absolute Gasteiger partial charge is 0.345 e. The van der Waals surface area contributed by atoms with E-state index < -0.39 is 21.7 Å². The van der Waals surface area contributed by atoms with Crippen LogP contribution in [0.3, 0.4) is 0 Å². The first-order chi connectivity index (χ1) is 15.7. The first-order valence-electron chi connectivity index (χ1n) is 10.8. The van der Waals surface area contributed by atoms with Crippen molar-refractivity contribution in [3.63, 3.8) is 0 Å². The molecule has 0 saturated carbocycles. The Labute approximate surface area is 199 Å². The topological polar surface area (TPSA) is 90.7 Å². The Hall–Kier alpha value is -2.23. The summed E-state index contributed by atoms with van der Waals surface area (Å²) in [5.41, 5.74) is 3.46. The lowest BCUT2D eigenvalue weighted by Gasteiger charge is -2.29. The Bertz CT molecular complexity index is 1180. The lowest BCUT2D eigenvalue weighted by Crippen LogP contribution is -2.37. The molecule has 2 aromatic carbocycles. The average Bonchev–Trinajstić information content (AvgIpc) is 3.39. The molecular formula is C24H27ClN2O5S. The van der Waals surface area contributed by atoms with Crippen LogP contribution in [0.15, 0.2) is 61.2 Å². The van der Waals surface area contributed by atoms with Gasteiger partial charge in [-0.25, -0.2) is 4.98 Å². The van der Waals surface area contributed by atoms with Crippen molar-refractivity contribution in [2.75, 3.05) is 6.61 Å². The van der Waals surface area contributed by atoms with Gasteiger partial charge in [-0.2, -0.15) is 8.42 Å². The Morgan fingerprint density at radius 1 is 1.21 bits per heavy atom. The van der Waals surface area contributed by atoms with Gasteiger partial charge in [-0.3, -0.25) is 4.55 Å². The van der Waals surface area contributed by atoms with Crippen molar-refractivity contribution in [3.05, 3.63) is 88.5 Å². The molecule has 1 saturated heterocycles. The van der Waals surface area contributed by atoms with Crippen LogP contribution in [0.25, 0.3) is 0 Å². The highest BCUT2D eigenvalue weighted by molar-refractivity contribution is 7.85. The number of ether oxygens (including phenoxy) is 2. The van der Waals surface area contributed by atoms with E-state index in [-0.39, 0.29) is 6.10 Å². The van der Waals surface area contributed by atoms with Crippen molar-refractivity contribution < 1.29 is 22.4 Å². The third kappa shape index (κ3) is 6.65. The number of halogens is 1. The number of aryl methyl sites for hydroxylation is 2. The van der Waals surface area contributed by atoms with E-state index in [9.17, 15) is 13.0 Å². The van der Waals surface area contributed by atoms with E-state index >= 15 is 0 Å². The predicted octanol–water partition coefficient (Wildman–Crippen LogP) is 4.22. The van der Waals surface area contributed by atoms with Crippen LogP contribution >= 0.6 is 11.6 Å². The Morgan fingerprint density at radius 3 is 2.70 bits per heavy atom. The first kappa shape index (κ1) is 23.9. The highest BCUT2D eigenvalue weighted by atomic mass is 35.5. The van der Waals surface area contributed by atoms with E-state index in [0.717, 1.165) is 23.1 Å². The van der Waals surface area contributed by atoms with E-state index in [1.54, 1.807) is 18.6 Å². The van der Waals surface area contributed by atoms with Crippen LogP contribution in [-0.4, -0.2) is 41.0 Å². The van der Waals surface area contributed by atoms with Crippen molar-refractivity contribution in [2.24, 2.45) is 0 Å².